The molecule has 0 saturated carbocycles. The second-order valence-electron chi connectivity index (χ2n) is 5.48. The summed E-state index contributed by atoms with van der Waals surface area (Å²) in [6.45, 7) is 7.42. The average molecular weight is 263 g/mol. The molecule has 2 N–H and O–H groups in total. The van der Waals surface area contributed by atoms with Gasteiger partial charge in [0.2, 0.25) is 0 Å². The van der Waals surface area contributed by atoms with Gasteiger partial charge in [0.15, 0.2) is 0 Å². The van der Waals surface area contributed by atoms with Crippen molar-refractivity contribution in [3.05, 3.63) is 23.0 Å². The second kappa shape index (κ2) is 6.35. The minimum absolute atomic E-state index is 0.399. The molecule has 0 unspecified atom stereocenters. The first-order valence-corrected chi connectivity index (χ1v) is 7.08. The summed E-state index contributed by atoms with van der Waals surface area (Å²) in [6, 6.07) is 0.399. The molecule has 0 aromatic carbocycles. The fraction of sp³-hybridized carbons (Fsp3) is 0.667. The molecule has 1 aliphatic rings. The average Bonchev–Trinajstić information content (AvgIpc) is 2.40. The first kappa shape index (κ1) is 14.3. The molecule has 1 aromatic heterocycles. The standard InChI is InChI=1S/C15H25N3O/c1-11-10-17-14(12(2)15(11)19-3)6-9-18-7-4-13(16)5-8-18/h10,13H,4-9,16H2,1-3H3. The van der Waals surface area contributed by atoms with Crippen molar-refractivity contribution in [2.45, 2.75) is 39.2 Å². The van der Waals surface area contributed by atoms with Gasteiger partial charge in [-0.25, -0.2) is 0 Å². The molecule has 0 spiro atoms. The third-order valence-corrected chi connectivity index (χ3v) is 4.05. The van der Waals surface area contributed by atoms with E-state index in [0.29, 0.717) is 6.04 Å². The van der Waals surface area contributed by atoms with E-state index < -0.39 is 0 Å². The maximum atomic E-state index is 5.93. The van der Waals surface area contributed by atoms with E-state index in [0.717, 1.165) is 55.9 Å². The minimum Gasteiger partial charge on any atom is -0.496 e. The number of hydrogen-bond acceptors (Lipinski definition) is 4. The molecule has 4 nitrogen and oxygen atoms in total. The summed E-state index contributed by atoms with van der Waals surface area (Å²) in [4.78, 5) is 7.04. The van der Waals surface area contributed by atoms with Gasteiger partial charge in [0.25, 0.3) is 0 Å². The van der Waals surface area contributed by atoms with Crippen LogP contribution < -0.4 is 10.5 Å². The Bertz CT molecular complexity index is 426. The molecule has 2 rings (SSSR count). The zero-order valence-corrected chi connectivity index (χ0v) is 12.3. The van der Waals surface area contributed by atoms with Crippen LogP contribution in [0.4, 0.5) is 0 Å². The Kier molecular flexibility index (Phi) is 4.77. The monoisotopic (exact) mass is 263 g/mol. The molecule has 0 atom stereocenters. The Morgan fingerprint density at radius 1 is 1.37 bits per heavy atom. The quantitative estimate of drug-likeness (QED) is 0.898. The summed E-state index contributed by atoms with van der Waals surface area (Å²) >= 11 is 0. The maximum Gasteiger partial charge on any atom is 0.128 e. The van der Waals surface area contributed by atoms with Gasteiger partial charge in [-0.05, 0) is 39.8 Å². The van der Waals surface area contributed by atoms with Crippen molar-refractivity contribution in [3.8, 4) is 5.75 Å². The first-order chi connectivity index (χ1) is 9.11. The normalized spacial score (nSPS) is 17.7. The van der Waals surface area contributed by atoms with Crippen molar-refractivity contribution >= 4 is 0 Å². The minimum atomic E-state index is 0.399. The van der Waals surface area contributed by atoms with Gasteiger partial charge in [-0.3, -0.25) is 4.98 Å². The Hall–Kier alpha value is -1.13. The van der Waals surface area contributed by atoms with Gasteiger partial charge in [-0.15, -0.1) is 0 Å². The van der Waals surface area contributed by atoms with E-state index in [2.05, 4.69) is 16.8 Å². The number of nitrogens with two attached hydrogens (primary N) is 1. The molecule has 1 saturated heterocycles. The van der Waals surface area contributed by atoms with E-state index in [1.54, 1.807) is 7.11 Å². The largest absolute Gasteiger partial charge is 0.496 e. The fourth-order valence-corrected chi connectivity index (χ4v) is 2.76. The van der Waals surface area contributed by atoms with Crippen LogP contribution in [0.15, 0.2) is 6.20 Å². The molecule has 0 amide bonds. The first-order valence-electron chi connectivity index (χ1n) is 7.08. The summed E-state index contributed by atoms with van der Waals surface area (Å²) in [7, 11) is 1.73. The molecular formula is C15H25N3O. The van der Waals surface area contributed by atoms with Gasteiger partial charge in [0.1, 0.15) is 5.75 Å². The van der Waals surface area contributed by atoms with Crippen molar-refractivity contribution < 1.29 is 4.74 Å². The van der Waals surface area contributed by atoms with E-state index in [4.69, 9.17) is 10.5 Å². The third-order valence-electron chi connectivity index (χ3n) is 4.05. The predicted octanol–water partition coefficient (Wildman–Crippen LogP) is 1.67. The van der Waals surface area contributed by atoms with Crippen molar-refractivity contribution in [1.82, 2.24) is 9.88 Å². The molecule has 106 valence electrons. The zero-order chi connectivity index (χ0) is 13.8. The highest BCUT2D eigenvalue weighted by atomic mass is 16.5. The Morgan fingerprint density at radius 3 is 2.68 bits per heavy atom. The number of likely N-dealkylation sites (tertiary alicyclic amines) is 1. The van der Waals surface area contributed by atoms with Gasteiger partial charge >= 0.3 is 0 Å². The summed E-state index contributed by atoms with van der Waals surface area (Å²) < 4.78 is 5.45. The highest BCUT2D eigenvalue weighted by Gasteiger charge is 2.16. The number of nitrogens with zero attached hydrogens (tertiary/aromatic N) is 2. The molecule has 0 aliphatic carbocycles. The van der Waals surface area contributed by atoms with Crippen LogP contribution in [0.2, 0.25) is 0 Å². The van der Waals surface area contributed by atoms with Gasteiger partial charge in [0, 0.05) is 42.0 Å². The van der Waals surface area contributed by atoms with E-state index >= 15 is 0 Å². The molecule has 0 radical (unpaired) electrons. The number of rotatable bonds is 4. The van der Waals surface area contributed by atoms with Crippen LogP contribution in [0.5, 0.6) is 5.75 Å². The van der Waals surface area contributed by atoms with Gasteiger partial charge in [-0.1, -0.05) is 0 Å². The van der Waals surface area contributed by atoms with Crippen molar-refractivity contribution in [2.24, 2.45) is 5.73 Å². The van der Waals surface area contributed by atoms with Crippen LogP contribution in [-0.4, -0.2) is 42.7 Å². The zero-order valence-electron chi connectivity index (χ0n) is 12.3. The van der Waals surface area contributed by atoms with Gasteiger partial charge in [-0.2, -0.15) is 0 Å². The lowest BCUT2D eigenvalue weighted by atomic mass is 10.0. The topological polar surface area (TPSA) is 51.4 Å². The highest BCUT2D eigenvalue weighted by Crippen LogP contribution is 2.24. The lowest BCUT2D eigenvalue weighted by molar-refractivity contribution is 0.215. The number of aryl methyl sites for hydroxylation is 1. The molecular weight excluding hydrogens is 238 g/mol. The lowest BCUT2D eigenvalue weighted by Crippen LogP contribution is -2.40. The maximum absolute atomic E-state index is 5.93. The predicted molar refractivity (Wildman–Crippen MR) is 77.6 cm³/mol. The number of pyridine rings is 1. The van der Waals surface area contributed by atoms with Crippen LogP contribution in [0.3, 0.4) is 0 Å². The molecule has 1 aromatic rings. The number of aromatic nitrogens is 1. The molecule has 4 heteroatoms. The second-order valence-corrected chi connectivity index (χ2v) is 5.48. The number of ether oxygens (including phenoxy) is 1. The number of piperidine rings is 1. The number of methoxy groups -OCH3 is 1. The number of hydrogen-bond donors (Lipinski definition) is 1. The van der Waals surface area contributed by atoms with Crippen molar-refractivity contribution in [1.29, 1.82) is 0 Å². The van der Waals surface area contributed by atoms with Crippen LogP contribution in [0, 0.1) is 13.8 Å². The molecule has 19 heavy (non-hydrogen) atoms. The van der Waals surface area contributed by atoms with Crippen LogP contribution in [-0.2, 0) is 6.42 Å². The SMILES string of the molecule is COc1c(C)cnc(CCN2CCC(N)CC2)c1C. The Labute approximate surface area is 116 Å². The van der Waals surface area contributed by atoms with E-state index in [-0.39, 0.29) is 0 Å². The van der Waals surface area contributed by atoms with Crippen LogP contribution in [0.1, 0.15) is 29.7 Å². The van der Waals surface area contributed by atoms with Crippen molar-refractivity contribution in [3.63, 3.8) is 0 Å². The lowest BCUT2D eigenvalue weighted by Gasteiger charge is -2.30. The van der Waals surface area contributed by atoms with E-state index in [9.17, 15) is 0 Å². The van der Waals surface area contributed by atoms with E-state index in [1.807, 2.05) is 13.1 Å². The van der Waals surface area contributed by atoms with Crippen LogP contribution in [0.25, 0.3) is 0 Å². The summed E-state index contributed by atoms with van der Waals surface area (Å²) in [5.41, 5.74) is 9.36. The molecule has 2 heterocycles. The molecule has 1 fully saturated rings. The van der Waals surface area contributed by atoms with E-state index in [1.165, 1.54) is 5.56 Å². The Morgan fingerprint density at radius 2 is 2.05 bits per heavy atom. The Balaban J connectivity index is 1.96. The molecule has 0 bridgehead atoms. The van der Waals surface area contributed by atoms with Gasteiger partial charge < -0.3 is 15.4 Å². The third kappa shape index (κ3) is 3.45. The molecule has 1 aliphatic heterocycles. The van der Waals surface area contributed by atoms with Crippen LogP contribution >= 0.6 is 0 Å². The summed E-state index contributed by atoms with van der Waals surface area (Å²) in [6.07, 6.45) is 5.12. The highest BCUT2D eigenvalue weighted by molar-refractivity contribution is 5.41. The summed E-state index contributed by atoms with van der Waals surface area (Å²) in [5, 5.41) is 0. The summed E-state index contributed by atoms with van der Waals surface area (Å²) in [5.74, 6) is 0.977. The fourth-order valence-electron chi connectivity index (χ4n) is 2.76. The smallest absolute Gasteiger partial charge is 0.128 e. The van der Waals surface area contributed by atoms with Gasteiger partial charge in [0.05, 0.1) is 7.11 Å². The van der Waals surface area contributed by atoms with Crippen molar-refractivity contribution in [2.75, 3.05) is 26.7 Å².